The highest BCUT2D eigenvalue weighted by atomic mass is 15.1. The molecule has 2 heterocycles. The Bertz CT molecular complexity index is 758. The molecule has 0 saturated carbocycles. The zero-order chi connectivity index (χ0) is 16.8. The van der Waals surface area contributed by atoms with Crippen LogP contribution in [-0.4, -0.2) is 9.55 Å². The molecule has 3 rings (SSSR count). The van der Waals surface area contributed by atoms with E-state index in [0.717, 1.165) is 5.82 Å². The number of nitrogens with zero attached hydrogens (tertiary/aromatic N) is 2. The smallest absolute Gasteiger partial charge is 0.137 e. The van der Waals surface area contributed by atoms with E-state index in [4.69, 9.17) is 0 Å². The third-order valence-corrected chi connectivity index (χ3v) is 4.86. The van der Waals surface area contributed by atoms with Gasteiger partial charge in [0.1, 0.15) is 5.82 Å². The molecule has 1 unspecified atom stereocenters. The van der Waals surface area contributed by atoms with Crippen LogP contribution < -0.4 is 0 Å². The van der Waals surface area contributed by atoms with Crippen molar-refractivity contribution in [3.05, 3.63) is 60.4 Å². The molecule has 0 aliphatic carbocycles. The van der Waals surface area contributed by atoms with E-state index in [1.165, 1.54) is 55.1 Å². The van der Waals surface area contributed by atoms with Crippen molar-refractivity contribution < 1.29 is 0 Å². The third-order valence-electron chi connectivity index (χ3n) is 4.86. The van der Waals surface area contributed by atoms with Gasteiger partial charge in [0.15, 0.2) is 0 Å². The fourth-order valence-electron chi connectivity index (χ4n) is 3.48. The Morgan fingerprint density at radius 1 is 0.958 bits per heavy atom. The SMILES string of the molecule is CCCCCCCC(C)c1cc2ccccc2n1-c1ccccn1. The highest BCUT2D eigenvalue weighted by Gasteiger charge is 2.16. The molecule has 0 amide bonds. The van der Waals surface area contributed by atoms with Crippen LogP contribution in [0, 0.1) is 0 Å². The Hall–Kier alpha value is -2.09. The number of aromatic nitrogens is 2. The van der Waals surface area contributed by atoms with Crippen LogP contribution in [0.25, 0.3) is 16.7 Å². The van der Waals surface area contributed by atoms with Crippen LogP contribution in [0.1, 0.15) is 64.0 Å². The second kappa shape index (κ2) is 8.14. The molecule has 0 fully saturated rings. The second-order valence-electron chi connectivity index (χ2n) is 6.76. The minimum absolute atomic E-state index is 0.543. The first-order valence-electron chi connectivity index (χ1n) is 9.33. The molecule has 2 aromatic heterocycles. The molecule has 1 aromatic carbocycles. The molecule has 0 aliphatic heterocycles. The fourth-order valence-corrected chi connectivity index (χ4v) is 3.48. The third kappa shape index (κ3) is 3.69. The highest BCUT2D eigenvalue weighted by molar-refractivity contribution is 5.83. The summed E-state index contributed by atoms with van der Waals surface area (Å²) in [7, 11) is 0. The summed E-state index contributed by atoms with van der Waals surface area (Å²) in [4.78, 5) is 4.60. The topological polar surface area (TPSA) is 17.8 Å². The molecular formula is C22H28N2. The van der Waals surface area contributed by atoms with Crippen LogP contribution >= 0.6 is 0 Å². The molecular weight excluding hydrogens is 292 g/mol. The molecule has 3 aromatic rings. The van der Waals surface area contributed by atoms with Gasteiger partial charge in [-0.2, -0.15) is 0 Å². The van der Waals surface area contributed by atoms with Gasteiger partial charge in [-0.05, 0) is 36.6 Å². The predicted molar refractivity (Wildman–Crippen MR) is 103 cm³/mol. The standard InChI is InChI=1S/C22H28N2/c1-3-4-5-6-7-12-18(2)21-17-19-13-8-9-14-20(19)24(21)22-15-10-11-16-23-22/h8-11,13-18H,3-7,12H2,1-2H3. The van der Waals surface area contributed by atoms with Gasteiger partial charge in [-0.1, -0.05) is 70.2 Å². The summed E-state index contributed by atoms with van der Waals surface area (Å²) in [6, 6.07) is 17.1. The lowest BCUT2D eigenvalue weighted by atomic mass is 9.99. The number of fused-ring (bicyclic) bond motifs is 1. The maximum Gasteiger partial charge on any atom is 0.137 e. The van der Waals surface area contributed by atoms with Crippen LogP contribution in [0.4, 0.5) is 0 Å². The fraction of sp³-hybridized carbons (Fsp3) is 0.409. The number of hydrogen-bond acceptors (Lipinski definition) is 1. The molecule has 0 saturated heterocycles. The Balaban J connectivity index is 1.87. The van der Waals surface area contributed by atoms with Crippen molar-refractivity contribution in [1.82, 2.24) is 9.55 Å². The molecule has 0 N–H and O–H groups in total. The van der Waals surface area contributed by atoms with E-state index in [9.17, 15) is 0 Å². The summed E-state index contributed by atoms with van der Waals surface area (Å²) in [5.41, 5.74) is 2.63. The van der Waals surface area contributed by atoms with Gasteiger partial charge in [0, 0.05) is 17.3 Å². The van der Waals surface area contributed by atoms with E-state index in [1.807, 2.05) is 12.3 Å². The Kier molecular flexibility index (Phi) is 5.68. The average molecular weight is 320 g/mol. The van der Waals surface area contributed by atoms with Crippen molar-refractivity contribution in [2.45, 2.75) is 58.3 Å². The van der Waals surface area contributed by atoms with Gasteiger partial charge >= 0.3 is 0 Å². The lowest BCUT2D eigenvalue weighted by Crippen LogP contribution is -2.05. The van der Waals surface area contributed by atoms with Crippen LogP contribution in [0.2, 0.25) is 0 Å². The molecule has 2 heteroatoms. The van der Waals surface area contributed by atoms with Gasteiger partial charge in [-0.15, -0.1) is 0 Å². The van der Waals surface area contributed by atoms with E-state index < -0.39 is 0 Å². The predicted octanol–water partition coefficient (Wildman–Crippen LogP) is 6.49. The van der Waals surface area contributed by atoms with E-state index in [2.05, 4.69) is 65.9 Å². The summed E-state index contributed by atoms with van der Waals surface area (Å²) >= 11 is 0. The van der Waals surface area contributed by atoms with E-state index in [1.54, 1.807) is 0 Å². The van der Waals surface area contributed by atoms with E-state index in [-0.39, 0.29) is 0 Å². The van der Waals surface area contributed by atoms with Crippen molar-refractivity contribution in [3.63, 3.8) is 0 Å². The van der Waals surface area contributed by atoms with Crippen LogP contribution in [-0.2, 0) is 0 Å². The quantitative estimate of drug-likeness (QED) is 0.434. The molecule has 2 nitrogen and oxygen atoms in total. The van der Waals surface area contributed by atoms with E-state index >= 15 is 0 Å². The Morgan fingerprint density at radius 2 is 1.75 bits per heavy atom. The maximum absolute atomic E-state index is 4.60. The zero-order valence-electron chi connectivity index (χ0n) is 14.9. The summed E-state index contributed by atoms with van der Waals surface area (Å²) in [5, 5.41) is 1.30. The lowest BCUT2D eigenvalue weighted by molar-refractivity contribution is 0.556. The molecule has 0 radical (unpaired) electrons. The number of benzene rings is 1. The van der Waals surface area contributed by atoms with Crippen molar-refractivity contribution in [2.75, 3.05) is 0 Å². The van der Waals surface area contributed by atoms with Crippen molar-refractivity contribution in [3.8, 4) is 5.82 Å². The first-order valence-corrected chi connectivity index (χ1v) is 9.33. The molecule has 126 valence electrons. The number of rotatable bonds is 8. The monoisotopic (exact) mass is 320 g/mol. The molecule has 1 atom stereocenters. The van der Waals surface area contributed by atoms with Gasteiger partial charge in [-0.25, -0.2) is 4.98 Å². The number of pyridine rings is 1. The first kappa shape index (κ1) is 16.8. The number of para-hydroxylation sites is 1. The zero-order valence-corrected chi connectivity index (χ0v) is 14.9. The molecule has 24 heavy (non-hydrogen) atoms. The highest BCUT2D eigenvalue weighted by Crippen LogP contribution is 2.31. The first-order chi connectivity index (χ1) is 11.8. The van der Waals surface area contributed by atoms with Crippen molar-refractivity contribution in [2.24, 2.45) is 0 Å². The minimum Gasteiger partial charge on any atom is -0.298 e. The van der Waals surface area contributed by atoms with Crippen LogP contribution in [0.15, 0.2) is 54.7 Å². The Labute approximate surface area is 145 Å². The summed E-state index contributed by atoms with van der Waals surface area (Å²) < 4.78 is 2.34. The number of hydrogen-bond donors (Lipinski definition) is 0. The van der Waals surface area contributed by atoms with Crippen molar-refractivity contribution in [1.29, 1.82) is 0 Å². The second-order valence-corrected chi connectivity index (χ2v) is 6.76. The van der Waals surface area contributed by atoms with Gasteiger partial charge < -0.3 is 0 Å². The van der Waals surface area contributed by atoms with Crippen LogP contribution in [0.5, 0.6) is 0 Å². The Morgan fingerprint density at radius 3 is 2.54 bits per heavy atom. The molecule has 0 spiro atoms. The molecule has 0 aliphatic rings. The number of unbranched alkanes of at least 4 members (excludes halogenated alkanes) is 4. The molecule has 0 bridgehead atoms. The van der Waals surface area contributed by atoms with Gasteiger partial charge in [0.2, 0.25) is 0 Å². The van der Waals surface area contributed by atoms with E-state index in [0.29, 0.717) is 5.92 Å². The lowest BCUT2D eigenvalue weighted by Gasteiger charge is -2.16. The maximum atomic E-state index is 4.60. The van der Waals surface area contributed by atoms with Gasteiger partial charge in [0.05, 0.1) is 5.52 Å². The summed E-state index contributed by atoms with van der Waals surface area (Å²) in [5.74, 6) is 1.56. The average Bonchev–Trinajstić information content (AvgIpc) is 3.02. The largest absolute Gasteiger partial charge is 0.298 e. The van der Waals surface area contributed by atoms with Gasteiger partial charge in [-0.3, -0.25) is 4.57 Å². The van der Waals surface area contributed by atoms with Crippen molar-refractivity contribution >= 4 is 10.9 Å². The summed E-state index contributed by atoms with van der Waals surface area (Å²) in [6.45, 7) is 4.63. The van der Waals surface area contributed by atoms with Gasteiger partial charge in [0.25, 0.3) is 0 Å². The van der Waals surface area contributed by atoms with Crippen LogP contribution in [0.3, 0.4) is 0 Å². The normalized spacial score (nSPS) is 12.6. The minimum atomic E-state index is 0.543. The summed E-state index contributed by atoms with van der Waals surface area (Å²) in [6.07, 6.45) is 9.82.